The van der Waals surface area contributed by atoms with E-state index >= 15 is 0 Å². The highest BCUT2D eigenvalue weighted by Gasteiger charge is 2.44. The van der Waals surface area contributed by atoms with Gasteiger partial charge in [-0.1, -0.05) is 6.07 Å². The predicted octanol–water partition coefficient (Wildman–Crippen LogP) is -1.29. The third kappa shape index (κ3) is 4.15. The first-order valence-electron chi connectivity index (χ1n) is 7.67. The summed E-state index contributed by atoms with van der Waals surface area (Å²) in [6.45, 7) is 0.192. The highest BCUT2D eigenvalue weighted by Crippen LogP contribution is 2.22. The quantitative estimate of drug-likeness (QED) is 0.456. The molecule has 11 nitrogen and oxygen atoms in total. The van der Waals surface area contributed by atoms with Crippen LogP contribution in [0, 0.1) is 10.1 Å². The Morgan fingerprint density at radius 2 is 2.08 bits per heavy atom. The molecular weight excluding hydrogens is 366 g/mol. The van der Waals surface area contributed by atoms with E-state index in [0.29, 0.717) is 0 Å². The van der Waals surface area contributed by atoms with Crippen molar-refractivity contribution in [2.24, 2.45) is 5.73 Å². The number of hydrogen-bond donors (Lipinski definition) is 2. The van der Waals surface area contributed by atoms with Crippen LogP contribution in [0.4, 0.5) is 5.69 Å². The van der Waals surface area contributed by atoms with Crippen LogP contribution < -0.4 is 11.1 Å². The Bertz CT molecular complexity index is 827. The molecular formula is C14H19N5O6S. The predicted molar refractivity (Wildman–Crippen MR) is 91.5 cm³/mol. The van der Waals surface area contributed by atoms with Gasteiger partial charge in [0, 0.05) is 43.9 Å². The van der Waals surface area contributed by atoms with Gasteiger partial charge in [0.25, 0.3) is 17.5 Å². The fraction of sp³-hybridized carbons (Fsp3) is 0.429. The lowest BCUT2D eigenvalue weighted by Gasteiger charge is -2.27. The molecule has 0 saturated carbocycles. The van der Waals surface area contributed by atoms with E-state index in [0.717, 1.165) is 21.5 Å². The first-order chi connectivity index (χ1) is 12.2. The molecule has 12 heteroatoms. The number of rotatable bonds is 6. The van der Waals surface area contributed by atoms with Crippen LogP contribution in [0.1, 0.15) is 10.4 Å². The van der Waals surface area contributed by atoms with E-state index in [-0.39, 0.29) is 37.4 Å². The molecule has 0 spiro atoms. The van der Waals surface area contributed by atoms with Crippen LogP contribution in [0.25, 0.3) is 0 Å². The van der Waals surface area contributed by atoms with Gasteiger partial charge in [0.05, 0.1) is 11.2 Å². The number of non-ortho nitro benzene ring substituents is 1. The molecule has 1 aromatic carbocycles. The number of benzene rings is 1. The van der Waals surface area contributed by atoms with Gasteiger partial charge in [-0.25, -0.2) is 8.42 Å². The first-order valence-corrected chi connectivity index (χ1v) is 9.51. The zero-order valence-corrected chi connectivity index (χ0v) is 14.8. The molecule has 0 aromatic heterocycles. The molecule has 0 aliphatic carbocycles. The number of carbonyl (C=O) groups is 2. The molecule has 0 radical (unpaired) electrons. The maximum absolute atomic E-state index is 12.8. The third-order valence-electron chi connectivity index (χ3n) is 3.80. The van der Waals surface area contributed by atoms with E-state index in [4.69, 9.17) is 5.73 Å². The first kappa shape index (κ1) is 19.8. The van der Waals surface area contributed by atoms with Crippen molar-refractivity contribution >= 4 is 27.5 Å². The van der Waals surface area contributed by atoms with Crippen molar-refractivity contribution in [1.29, 1.82) is 0 Å². The smallest absolute Gasteiger partial charge is 0.270 e. The lowest BCUT2D eigenvalue weighted by molar-refractivity contribution is -0.384. The topological polar surface area (TPSA) is 156 Å². The molecule has 26 heavy (non-hydrogen) atoms. The fourth-order valence-electron chi connectivity index (χ4n) is 2.64. The molecule has 1 aliphatic heterocycles. The molecule has 1 atom stereocenters. The summed E-state index contributed by atoms with van der Waals surface area (Å²) in [6, 6.07) is 5.03. The number of nitrogens with two attached hydrogens (primary N) is 1. The minimum Gasteiger partial charge on any atom is -0.352 e. The van der Waals surface area contributed by atoms with Gasteiger partial charge in [0.1, 0.15) is 0 Å². The van der Waals surface area contributed by atoms with Crippen molar-refractivity contribution in [2.45, 2.75) is 6.17 Å². The van der Waals surface area contributed by atoms with Gasteiger partial charge in [-0.05, 0) is 6.07 Å². The van der Waals surface area contributed by atoms with E-state index in [1.165, 1.54) is 18.2 Å². The Hall–Kier alpha value is -2.57. The zero-order chi connectivity index (χ0) is 19.5. The van der Waals surface area contributed by atoms with E-state index < -0.39 is 32.9 Å². The number of sulfonamides is 1. The standard InChI is InChI=1S/C14H19N5O6S/c1-26(24,25)18-8-7-17(13(18)12(20)16-6-5-15)14(21)10-3-2-4-11(9-10)19(22)23/h2-4,9,13H,5-8,15H2,1H3,(H,16,20). The normalized spacial score (nSPS) is 17.9. The Kier molecular flexibility index (Phi) is 5.90. The maximum Gasteiger partial charge on any atom is 0.270 e. The summed E-state index contributed by atoms with van der Waals surface area (Å²) in [7, 11) is -3.75. The molecule has 142 valence electrons. The van der Waals surface area contributed by atoms with Crippen molar-refractivity contribution < 1.29 is 22.9 Å². The van der Waals surface area contributed by atoms with Crippen LogP contribution in [0.5, 0.6) is 0 Å². The van der Waals surface area contributed by atoms with Gasteiger partial charge in [0.15, 0.2) is 6.17 Å². The summed E-state index contributed by atoms with van der Waals surface area (Å²) < 4.78 is 24.8. The van der Waals surface area contributed by atoms with Crippen LogP contribution in [0.2, 0.25) is 0 Å². The van der Waals surface area contributed by atoms with Crippen LogP contribution in [-0.4, -0.2) is 73.0 Å². The maximum atomic E-state index is 12.8. The fourth-order valence-corrected chi connectivity index (χ4v) is 3.63. The van der Waals surface area contributed by atoms with E-state index in [9.17, 15) is 28.1 Å². The van der Waals surface area contributed by atoms with Crippen molar-refractivity contribution in [3.63, 3.8) is 0 Å². The van der Waals surface area contributed by atoms with E-state index in [1.807, 2.05) is 0 Å². The monoisotopic (exact) mass is 385 g/mol. The lowest BCUT2D eigenvalue weighted by Crippen LogP contribution is -2.54. The van der Waals surface area contributed by atoms with E-state index in [1.54, 1.807) is 0 Å². The van der Waals surface area contributed by atoms with Gasteiger partial charge in [-0.2, -0.15) is 4.31 Å². The Morgan fingerprint density at radius 3 is 2.65 bits per heavy atom. The highest BCUT2D eigenvalue weighted by atomic mass is 32.2. The minimum absolute atomic E-state index is 0.00817. The van der Waals surface area contributed by atoms with Crippen LogP contribution >= 0.6 is 0 Å². The molecule has 1 aromatic rings. The Balaban J connectivity index is 2.36. The molecule has 2 amide bonds. The summed E-state index contributed by atoms with van der Waals surface area (Å²) in [5.74, 6) is -1.36. The SMILES string of the molecule is CS(=O)(=O)N1CCN(C(=O)c2cccc([N+](=O)[O-])c2)C1C(=O)NCCN. The second-order valence-corrected chi connectivity index (χ2v) is 7.57. The van der Waals surface area contributed by atoms with Crippen LogP contribution in [0.15, 0.2) is 24.3 Å². The average molecular weight is 385 g/mol. The highest BCUT2D eigenvalue weighted by molar-refractivity contribution is 7.88. The van der Waals surface area contributed by atoms with Crippen molar-refractivity contribution in [3.05, 3.63) is 39.9 Å². The molecule has 1 heterocycles. The van der Waals surface area contributed by atoms with Crippen molar-refractivity contribution in [2.75, 3.05) is 32.4 Å². The minimum atomic E-state index is -3.75. The van der Waals surface area contributed by atoms with Gasteiger partial charge in [-0.3, -0.25) is 19.7 Å². The van der Waals surface area contributed by atoms with Gasteiger partial charge >= 0.3 is 0 Å². The average Bonchev–Trinajstić information content (AvgIpc) is 3.04. The summed E-state index contributed by atoms with van der Waals surface area (Å²) in [6.07, 6.45) is -0.430. The number of nitrogens with one attached hydrogen (secondary N) is 1. The van der Waals surface area contributed by atoms with Crippen molar-refractivity contribution in [3.8, 4) is 0 Å². The molecule has 2 rings (SSSR count). The molecule has 0 bridgehead atoms. The second-order valence-electron chi connectivity index (χ2n) is 5.63. The van der Waals surface area contributed by atoms with E-state index in [2.05, 4.69) is 5.32 Å². The second kappa shape index (κ2) is 7.76. The number of nitro groups is 1. The molecule has 1 aliphatic rings. The summed E-state index contributed by atoms with van der Waals surface area (Å²) >= 11 is 0. The summed E-state index contributed by atoms with van der Waals surface area (Å²) in [5.41, 5.74) is 5.05. The van der Waals surface area contributed by atoms with Crippen LogP contribution in [0.3, 0.4) is 0 Å². The third-order valence-corrected chi connectivity index (χ3v) is 5.03. The van der Waals surface area contributed by atoms with Gasteiger partial charge in [-0.15, -0.1) is 0 Å². The largest absolute Gasteiger partial charge is 0.352 e. The number of carbonyl (C=O) groups excluding carboxylic acids is 2. The van der Waals surface area contributed by atoms with Gasteiger partial charge < -0.3 is 16.0 Å². The number of nitro benzene ring substituents is 1. The summed E-state index contributed by atoms with van der Waals surface area (Å²) in [5, 5.41) is 13.4. The Morgan fingerprint density at radius 1 is 1.38 bits per heavy atom. The lowest BCUT2D eigenvalue weighted by atomic mass is 10.1. The Labute approximate surface area is 149 Å². The number of hydrogen-bond acceptors (Lipinski definition) is 7. The molecule has 1 unspecified atom stereocenters. The zero-order valence-electron chi connectivity index (χ0n) is 14.0. The molecule has 1 saturated heterocycles. The van der Waals surface area contributed by atoms with Crippen LogP contribution in [-0.2, 0) is 14.8 Å². The van der Waals surface area contributed by atoms with Crippen molar-refractivity contribution in [1.82, 2.24) is 14.5 Å². The number of nitrogens with zero attached hydrogens (tertiary/aromatic N) is 3. The van der Waals surface area contributed by atoms with Gasteiger partial charge in [0.2, 0.25) is 10.0 Å². The summed E-state index contributed by atoms with van der Waals surface area (Å²) in [4.78, 5) is 36.5. The molecule has 1 fully saturated rings. The molecule has 3 N–H and O–H groups in total. The number of amides is 2.